The van der Waals surface area contributed by atoms with Gasteiger partial charge in [0.15, 0.2) is 0 Å². The number of fused-ring (bicyclic) bond motifs is 2. The fraction of sp³-hybridized carbons (Fsp3) is 0.615. The van der Waals surface area contributed by atoms with Gasteiger partial charge in [-0.1, -0.05) is 6.42 Å². The van der Waals surface area contributed by atoms with E-state index in [9.17, 15) is 0 Å². The number of hydrogen-bond acceptors (Lipinski definition) is 3. The van der Waals surface area contributed by atoms with Gasteiger partial charge in [0.1, 0.15) is 5.82 Å². The lowest BCUT2D eigenvalue weighted by molar-refractivity contribution is 0.348. The molecule has 2 bridgehead atoms. The SMILES string of the molecule is Nc1ncccc1NCC1CC2CCC1C2. The number of pyridine rings is 1. The van der Waals surface area contributed by atoms with Crippen LogP contribution >= 0.6 is 0 Å². The van der Waals surface area contributed by atoms with Crippen molar-refractivity contribution in [1.29, 1.82) is 0 Å². The number of nitrogens with two attached hydrogens (primary N) is 1. The van der Waals surface area contributed by atoms with Crippen LogP contribution in [0.25, 0.3) is 0 Å². The number of rotatable bonds is 3. The van der Waals surface area contributed by atoms with Gasteiger partial charge in [-0.05, 0) is 49.1 Å². The Balaban J connectivity index is 1.59. The summed E-state index contributed by atoms with van der Waals surface area (Å²) in [4.78, 5) is 4.09. The first-order chi connectivity index (χ1) is 7.83. The molecule has 1 aromatic rings. The highest BCUT2D eigenvalue weighted by Crippen LogP contribution is 2.48. The van der Waals surface area contributed by atoms with Crippen molar-refractivity contribution >= 4 is 11.5 Å². The van der Waals surface area contributed by atoms with Crippen LogP contribution in [-0.4, -0.2) is 11.5 Å². The highest BCUT2D eigenvalue weighted by atomic mass is 15.0. The van der Waals surface area contributed by atoms with E-state index in [1.807, 2.05) is 12.1 Å². The van der Waals surface area contributed by atoms with Crippen LogP contribution in [-0.2, 0) is 0 Å². The molecule has 2 fully saturated rings. The molecule has 3 rings (SSSR count). The molecule has 86 valence electrons. The second-order valence-electron chi connectivity index (χ2n) is 5.25. The summed E-state index contributed by atoms with van der Waals surface area (Å²) in [6.07, 6.45) is 7.53. The lowest BCUT2D eigenvalue weighted by atomic mass is 9.89. The molecule has 3 unspecified atom stereocenters. The molecule has 0 aliphatic heterocycles. The van der Waals surface area contributed by atoms with E-state index in [2.05, 4.69) is 10.3 Å². The van der Waals surface area contributed by atoms with E-state index in [4.69, 9.17) is 5.73 Å². The third kappa shape index (κ3) is 1.75. The van der Waals surface area contributed by atoms with Crippen molar-refractivity contribution in [2.24, 2.45) is 17.8 Å². The van der Waals surface area contributed by atoms with Gasteiger partial charge in [0.2, 0.25) is 0 Å². The minimum absolute atomic E-state index is 0.616. The quantitative estimate of drug-likeness (QED) is 0.818. The number of aromatic nitrogens is 1. The summed E-state index contributed by atoms with van der Waals surface area (Å²) in [6.45, 7) is 1.07. The van der Waals surface area contributed by atoms with Crippen LogP contribution in [0.5, 0.6) is 0 Å². The number of anilines is 2. The van der Waals surface area contributed by atoms with Crippen molar-refractivity contribution in [1.82, 2.24) is 4.98 Å². The van der Waals surface area contributed by atoms with Crippen molar-refractivity contribution in [3.05, 3.63) is 18.3 Å². The van der Waals surface area contributed by atoms with Crippen molar-refractivity contribution in [3.8, 4) is 0 Å². The smallest absolute Gasteiger partial charge is 0.146 e. The molecule has 0 saturated heterocycles. The molecule has 1 aromatic heterocycles. The third-order valence-electron chi connectivity index (χ3n) is 4.28. The molecule has 2 aliphatic rings. The summed E-state index contributed by atoms with van der Waals surface area (Å²) in [6, 6.07) is 3.94. The van der Waals surface area contributed by atoms with Crippen LogP contribution in [0.4, 0.5) is 11.5 Å². The van der Waals surface area contributed by atoms with Gasteiger partial charge in [-0.2, -0.15) is 0 Å². The zero-order valence-electron chi connectivity index (χ0n) is 9.52. The molecule has 3 atom stereocenters. The van der Waals surface area contributed by atoms with E-state index >= 15 is 0 Å². The van der Waals surface area contributed by atoms with Gasteiger partial charge in [0.25, 0.3) is 0 Å². The number of nitrogens with zero attached hydrogens (tertiary/aromatic N) is 1. The van der Waals surface area contributed by atoms with E-state index in [0.29, 0.717) is 5.82 Å². The van der Waals surface area contributed by atoms with E-state index in [0.717, 1.165) is 30.0 Å². The predicted octanol–water partition coefficient (Wildman–Crippen LogP) is 2.51. The average Bonchev–Trinajstić information content (AvgIpc) is 2.90. The Morgan fingerprint density at radius 2 is 2.31 bits per heavy atom. The Hall–Kier alpha value is -1.25. The zero-order valence-corrected chi connectivity index (χ0v) is 9.52. The molecule has 3 nitrogen and oxygen atoms in total. The van der Waals surface area contributed by atoms with E-state index < -0.39 is 0 Å². The van der Waals surface area contributed by atoms with Crippen LogP contribution in [0, 0.1) is 17.8 Å². The van der Waals surface area contributed by atoms with Gasteiger partial charge >= 0.3 is 0 Å². The van der Waals surface area contributed by atoms with Crippen LogP contribution in [0.3, 0.4) is 0 Å². The monoisotopic (exact) mass is 217 g/mol. The van der Waals surface area contributed by atoms with Crippen molar-refractivity contribution in [2.45, 2.75) is 25.7 Å². The molecular formula is C13H19N3. The maximum absolute atomic E-state index is 5.81. The lowest BCUT2D eigenvalue weighted by Gasteiger charge is -2.22. The summed E-state index contributed by atoms with van der Waals surface area (Å²) < 4.78 is 0. The zero-order chi connectivity index (χ0) is 11.0. The maximum atomic E-state index is 5.81. The second-order valence-corrected chi connectivity index (χ2v) is 5.25. The van der Waals surface area contributed by atoms with Crippen LogP contribution < -0.4 is 11.1 Å². The van der Waals surface area contributed by atoms with Crippen LogP contribution in [0.2, 0.25) is 0 Å². The highest BCUT2D eigenvalue weighted by Gasteiger charge is 2.39. The van der Waals surface area contributed by atoms with E-state index in [-0.39, 0.29) is 0 Å². The molecular weight excluding hydrogens is 198 g/mol. The van der Waals surface area contributed by atoms with E-state index in [1.54, 1.807) is 6.20 Å². The van der Waals surface area contributed by atoms with Crippen LogP contribution in [0.15, 0.2) is 18.3 Å². The van der Waals surface area contributed by atoms with Crippen molar-refractivity contribution in [3.63, 3.8) is 0 Å². The average molecular weight is 217 g/mol. The predicted molar refractivity (Wildman–Crippen MR) is 66.1 cm³/mol. The first-order valence-corrected chi connectivity index (χ1v) is 6.27. The van der Waals surface area contributed by atoms with Gasteiger partial charge < -0.3 is 11.1 Å². The minimum atomic E-state index is 0.616. The third-order valence-corrected chi connectivity index (χ3v) is 4.28. The lowest BCUT2D eigenvalue weighted by Crippen LogP contribution is -2.20. The maximum Gasteiger partial charge on any atom is 0.146 e. The first-order valence-electron chi connectivity index (χ1n) is 6.27. The molecule has 1 heterocycles. The molecule has 3 heteroatoms. The Morgan fingerprint density at radius 1 is 1.38 bits per heavy atom. The molecule has 16 heavy (non-hydrogen) atoms. The van der Waals surface area contributed by atoms with Gasteiger partial charge in [0.05, 0.1) is 5.69 Å². The van der Waals surface area contributed by atoms with E-state index in [1.165, 1.54) is 25.7 Å². The van der Waals surface area contributed by atoms with Gasteiger partial charge in [-0.3, -0.25) is 0 Å². The number of nitrogen functional groups attached to an aromatic ring is 1. The Labute approximate surface area is 96.4 Å². The fourth-order valence-electron chi connectivity index (χ4n) is 3.43. The molecule has 0 amide bonds. The molecule has 0 aromatic carbocycles. The summed E-state index contributed by atoms with van der Waals surface area (Å²) in [5.41, 5.74) is 6.80. The number of hydrogen-bond donors (Lipinski definition) is 2. The Bertz CT molecular complexity index is 377. The molecule has 0 spiro atoms. The van der Waals surface area contributed by atoms with Gasteiger partial charge in [-0.25, -0.2) is 4.98 Å². The van der Waals surface area contributed by atoms with Gasteiger partial charge in [0, 0.05) is 12.7 Å². The Kier molecular flexibility index (Phi) is 2.46. The topological polar surface area (TPSA) is 50.9 Å². The number of nitrogens with one attached hydrogen (secondary N) is 1. The molecule has 3 N–H and O–H groups in total. The minimum Gasteiger partial charge on any atom is -0.382 e. The molecule has 0 radical (unpaired) electrons. The summed E-state index contributed by atoms with van der Waals surface area (Å²) in [7, 11) is 0. The highest BCUT2D eigenvalue weighted by molar-refractivity contribution is 5.60. The second kappa shape index (κ2) is 3.96. The van der Waals surface area contributed by atoms with Crippen molar-refractivity contribution in [2.75, 3.05) is 17.6 Å². The molecule has 2 aliphatic carbocycles. The summed E-state index contributed by atoms with van der Waals surface area (Å²) in [5, 5.41) is 3.45. The van der Waals surface area contributed by atoms with Gasteiger partial charge in [-0.15, -0.1) is 0 Å². The summed E-state index contributed by atoms with van der Waals surface area (Å²) in [5.74, 6) is 3.46. The summed E-state index contributed by atoms with van der Waals surface area (Å²) >= 11 is 0. The largest absolute Gasteiger partial charge is 0.382 e. The molecule has 2 saturated carbocycles. The fourth-order valence-corrected chi connectivity index (χ4v) is 3.43. The van der Waals surface area contributed by atoms with Crippen molar-refractivity contribution < 1.29 is 0 Å². The first kappa shape index (κ1) is 9.94. The van der Waals surface area contributed by atoms with Crippen LogP contribution in [0.1, 0.15) is 25.7 Å². The Morgan fingerprint density at radius 3 is 3.00 bits per heavy atom. The standard InChI is InChI=1S/C13H19N3/c14-13-12(2-1-5-15-13)16-8-11-7-9-3-4-10(11)6-9/h1-2,5,9-11,16H,3-4,6-8H2,(H2,14,15). The normalized spacial score (nSPS) is 31.9.